The van der Waals surface area contributed by atoms with Gasteiger partial charge in [0, 0.05) is 6.42 Å². The lowest BCUT2D eigenvalue weighted by atomic mass is 10.1. The minimum atomic E-state index is -0.469. The van der Waals surface area contributed by atoms with E-state index in [4.69, 9.17) is 4.74 Å². The van der Waals surface area contributed by atoms with E-state index in [1.165, 1.54) is 28.0 Å². The molecule has 1 aliphatic rings. The van der Waals surface area contributed by atoms with E-state index in [0.29, 0.717) is 12.3 Å². The lowest BCUT2D eigenvalue weighted by Gasteiger charge is -2.15. The number of carbonyl (C=O) groups excluding carboxylic acids is 2. The Balaban J connectivity index is 1.33. The van der Waals surface area contributed by atoms with Gasteiger partial charge in [-0.15, -0.1) is 11.3 Å². The Bertz CT molecular complexity index is 1290. The lowest BCUT2D eigenvalue weighted by Crippen LogP contribution is -2.31. The topological polar surface area (TPSA) is 59.5 Å². The number of rotatable bonds is 6. The van der Waals surface area contributed by atoms with E-state index in [2.05, 4.69) is 4.98 Å². The number of fused-ring (bicyclic) bond motifs is 1. The average molecular weight is 461 g/mol. The number of benzene rings is 3. The Morgan fingerprint density at radius 3 is 2.53 bits per heavy atom. The largest absolute Gasteiger partial charge is 0.494 e. The third-order valence-corrected chi connectivity index (χ3v) is 7.53. The molecule has 2 amide bonds. The van der Waals surface area contributed by atoms with Crippen LogP contribution in [0.2, 0.25) is 0 Å². The monoisotopic (exact) mass is 460 g/mol. The minimum Gasteiger partial charge on any atom is -0.494 e. The Morgan fingerprint density at radius 1 is 1.03 bits per heavy atom. The van der Waals surface area contributed by atoms with Crippen LogP contribution in [0.25, 0.3) is 21.3 Å². The molecular formula is C25H20N2O3S2. The summed E-state index contributed by atoms with van der Waals surface area (Å²) in [6.07, 6.45) is 0.171. The Hall–Kier alpha value is -3.16. The number of ether oxygens (including phenoxy) is 1. The number of carbonyl (C=O) groups is 2. The molecule has 1 saturated heterocycles. The normalized spacial score (nSPS) is 16.2. The van der Waals surface area contributed by atoms with Gasteiger partial charge in [0.15, 0.2) is 4.34 Å². The second-order valence-electron chi connectivity index (χ2n) is 7.33. The van der Waals surface area contributed by atoms with Crippen LogP contribution in [-0.2, 0) is 9.59 Å². The molecule has 1 atom stereocenters. The summed E-state index contributed by atoms with van der Waals surface area (Å²) in [6, 6.07) is 23.3. The zero-order chi connectivity index (χ0) is 22.1. The highest BCUT2D eigenvalue weighted by atomic mass is 32.2. The fourth-order valence-electron chi connectivity index (χ4n) is 3.71. The van der Waals surface area contributed by atoms with E-state index < -0.39 is 5.25 Å². The summed E-state index contributed by atoms with van der Waals surface area (Å²) in [4.78, 5) is 31.7. The standard InChI is InChI=1S/C25H20N2O3S2/c1-2-30-19-12-13-20-21(14-19)31-25(26-20)32-22-15-23(28)27(24(22)29)18-10-8-17(9-11-18)16-6-4-3-5-7-16/h3-14,22H,2,15H2,1H3. The molecule has 3 aromatic carbocycles. The first kappa shape index (κ1) is 20.7. The van der Waals surface area contributed by atoms with Gasteiger partial charge in [-0.05, 0) is 48.4 Å². The number of nitrogens with zero attached hydrogens (tertiary/aromatic N) is 2. The number of anilines is 1. The number of imide groups is 1. The molecule has 2 heterocycles. The second-order valence-corrected chi connectivity index (χ2v) is 9.81. The quantitative estimate of drug-likeness (QED) is 0.341. The smallest absolute Gasteiger partial charge is 0.247 e. The predicted molar refractivity (Wildman–Crippen MR) is 129 cm³/mol. The zero-order valence-corrected chi connectivity index (χ0v) is 19.0. The Labute approximate surface area is 194 Å². The van der Waals surface area contributed by atoms with Crippen molar-refractivity contribution in [1.29, 1.82) is 0 Å². The maximum atomic E-state index is 13.1. The van der Waals surface area contributed by atoms with Crippen molar-refractivity contribution in [2.75, 3.05) is 11.5 Å². The first-order valence-corrected chi connectivity index (χ1v) is 12.0. The minimum absolute atomic E-state index is 0.171. The third-order valence-electron chi connectivity index (χ3n) is 5.23. The van der Waals surface area contributed by atoms with E-state index >= 15 is 0 Å². The highest BCUT2D eigenvalue weighted by Crippen LogP contribution is 2.38. The molecule has 5 rings (SSSR count). The van der Waals surface area contributed by atoms with Gasteiger partial charge in [0.1, 0.15) is 11.0 Å². The number of thiazole rings is 1. The molecule has 32 heavy (non-hydrogen) atoms. The fourth-order valence-corrected chi connectivity index (χ4v) is 6.08. The van der Waals surface area contributed by atoms with Crippen LogP contribution in [-0.4, -0.2) is 28.7 Å². The van der Waals surface area contributed by atoms with Crippen molar-refractivity contribution in [3.05, 3.63) is 72.8 Å². The summed E-state index contributed by atoms with van der Waals surface area (Å²) in [5.74, 6) is 0.430. The number of amides is 2. The highest BCUT2D eigenvalue weighted by molar-refractivity contribution is 8.02. The van der Waals surface area contributed by atoms with E-state index in [9.17, 15) is 9.59 Å². The van der Waals surface area contributed by atoms with E-state index in [1.807, 2.05) is 79.7 Å². The predicted octanol–water partition coefficient (Wildman–Crippen LogP) is 5.79. The number of hydrogen-bond acceptors (Lipinski definition) is 6. The molecule has 1 unspecified atom stereocenters. The van der Waals surface area contributed by atoms with Gasteiger partial charge in [-0.25, -0.2) is 9.88 Å². The lowest BCUT2D eigenvalue weighted by molar-refractivity contribution is -0.121. The first-order chi connectivity index (χ1) is 15.6. The van der Waals surface area contributed by atoms with Crippen molar-refractivity contribution >= 4 is 50.8 Å². The molecule has 1 aliphatic heterocycles. The molecule has 1 fully saturated rings. The van der Waals surface area contributed by atoms with Gasteiger partial charge < -0.3 is 4.74 Å². The van der Waals surface area contributed by atoms with Crippen LogP contribution in [0.5, 0.6) is 5.75 Å². The van der Waals surface area contributed by atoms with Gasteiger partial charge in [-0.2, -0.15) is 0 Å². The van der Waals surface area contributed by atoms with Crippen molar-refractivity contribution in [2.45, 2.75) is 22.9 Å². The van der Waals surface area contributed by atoms with Crippen LogP contribution >= 0.6 is 23.1 Å². The van der Waals surface area contributed by atoms with Crippen LogP contribution in [0, 0.1) is 0 Å². The molecule has 160 valence electrons. The van der Waals surface area contributed by atoms with E-state index in [-0.39, 0.29) is 18.2 Å². The molecule has 1 aromatic heterocycles. The van der Waals surface area contributed by atoms with E-state index in [1.54, 1.807) is 0 Å². The van der Waals surface area contributed by atoms with Crippen molar-refractivity contribution in [3.8, 4) is 16.9 Å². The number of thioether (sulfide) groups is 1. The highest BCUT2D eigenvalue weighted by Gasteiger charge is 2.40. The molecule has 0 radical (unpaired) electrons. The van der Waals surface area contributed by atoms with Gasteiger partial charge in [0.25, 0.3) is 0 Å². The summed E-state index contributed by atoms with van der Waals surface area (Å²) in [5, 5.41) is -0.469. The molecule has 0 aliphatic carbocycles. The van der Waals surface area contributed by atoms with Crippen molar-refractivity contribution in [2.24, 2.45) is 0 Å². The van der Waals surface area contributed by atoms with Crippen LogP contribution in [0.15, 0.2) is 77.1 Å². The van der Waals surface area contributed by atoms with Crippen LogP contribution in [0.4, 0.5) is 5.69 Å². The molecule has 0 bridgehead atoms. The van der Waals surface area contributed by atoms with Gasteiger partial charge in [0.05, 0.1) is 22.5 Å². The Morgan fingerprint density at radius 2 is 1.78 bits per heavy atom. The van der Waals surface area contributed by atoms with Gasteiger partial charge in [-0.3, -0.25) is 9.59 Å². The van der Waals surface area contributed by atoms with Crippen molar-refractivity contribution in [1.82, 2.24) is 4.98 Å². The van der Waals surface area contributed by atoms with Gasteiger partial charge >= 0.3 is 0 Å². The number of hydrogen-bond donors (Lipinski definition) is 0. The maximum absolute atomic E-state index is 13.1. The van der Waals surface area contributed by atoms with E-state index in [0.717, 1.165) is 31.4 Å². The zero-order valence-electron chi connectivity index (χ0n) is 17.4. The summed E-state index contributed by atoms with van der Waals surface area (Å²) < 4.78 is 7.34. The number of aromatic nitrogens is 1. The van der Waals surface area contributed by atoms with Gasteiger partial charge in [0.2, 0.25) is 11.8 Å². The van der Waals surface area contributed by atoms with Crippen molar-refractivity contribution in [3.63, 3.8) is 0 Å². The summed E-state index contributed by atoms with van der Waals surface area (Å²) in [6.45, 7) is 2.55. The van der Waals surface area contributed by atoms with Crippen molar-refractivity contribution < 1.29 is 14.3 Å². The molecular weight excluding hydrogens is 440 g/mol. The summed E-state index contributed by atoms with van der Waals surface area (Å²) >= 11 is 2.87. The fraction of sp³-hybridized carbons (Fsp3) is 0.160. The third kappa shape index (κ3) is 4.01. The molecule has 4 aromatic rings. The van der Waals surface area contributed by atoms with Crippen LogP contribution in [0.3, 0.4) is 0 Å². The molecule has 7 heteroatoms. The van der Waals surface area contributed by atoms with Crippen LogP contribution < -0.4 is 9.64 Å². The Kier molecular flexibility index (Phi) is 5.68. The SMILES string of the molecule is CCOc1ccc2nc(SC3CC(=O)N(c4ccc(-c5ccccc5)cc4)C3=O)sc2c1. The second kappa shape index (κ2) is 8.76. The molecule has 0 saturated carbocycles. The average Bonchev–Trinajstić information content (AvgIpc) is 3.34. The van der Waals surface area contributed by atoms with Crippen LogP contribution in [0.1, 0.15) is 13.3 Å². The molecule has 0 N–H and O–H groups in total. The summed E-state index contributed by atoms with van der Waals surface area (Å²) in [5.41, 5.74) is 3.61. The first-order valence-electron chi connectivity index (χ1n) is 10.3. The maximum Gasteiger partial charge on any atom is 0.247 e. The molecule has 0 spiro atoms. The van der Waals surface area contributed by atoms with Gasteiger partial charge in [-0.1, -0.05) is 54.2 Å². The summed E-state index contributed by atoms with van der Waals surface area (Å²) in [7, 11) is 0. The molecule has 5 nitrogen and oxygen atoms in total.